The van der Waals surface area contributed by atoms with Crippen molar-refractivity contribution in [2.75, 3.05) is 5.75 Å². The van der Waals surface area contributed by atoms with E-state index in [9.17, 15) is 12.8 Å². The molecule has 0 aliphatic heterocycles. The van der Waals surface area contributed by atoms with Crippen molar-refractivity contribution >= 4 is 15.9 Å². The van der Waals surface area contributed by atoms with Gasteiger partial charge in [0.1, 0.15) is 5.82 Å². The molecule has 0 spiro atoms. The standard InChI is InChI=1S/C18H19FN2O3S/c1-2-3-4-7-13-25(22,23)17(24-18-20-11-8-12-21-18)14-15-9-5-6-10-16(15)19/h2,5-6,8-12,14H,1,3-4,7,13H2. The minimum atomic E-state index is -3.76. The molecule has 0 fully saturated rings. The molecular formula is C18H19FN2O3S. The van der Waals surface area contributed by atoms with Gasteiger partial charge in [-0.3, -0.25) is 0 Å². The molecule has 0 radical (unpaired) electrons. The normalized spacial score (nSPS) is 12.0. The summed E-state index contributed by atoms with van der Waals surface area (Å²) in [5.41, 5.74) is 0.114. The van der Waals surface area contributed by atoms with E-state index in [1.54, 1.807) is 18.2 Å². The highest BCUT2D eigenvalue weighted by Crippen LogP contribution is 2.20. The van der Waals surface area contributed by atoms with Gasteiger partial charge in [-0.15, -0.1) is 6.58 Å². The van der Waals surface area contributed by atoms with Crippen molar-refractivity contribution in [1.29, 1.82) is 0 Å². The molecule has 0 bridgehead atoms. The molecule has 0 amide bonds. The van der Waals surface area contributed by atoms with Crippen LogP contribution < -0.4 is 4.74 Å². The maximum Gasteiger partial charge on any atom is 0.322 e. The molecule has 0 aliphatic carbocycles. The van der Waals surface area contributed by atoms with Crippen LogP contribution in [0.1, 0.15) is 24.8 Å². The van der Waals surface area contributed by atoms with Crippen molar-refractivity contribution in [3.63, 3.8) is 0 Å². The molecule has 1 heterocycles. The van der Waals surface area contributed by atoms with E-state index in [0.717, 1.165) is 12.5 Å². The predicted octanol–water partition coefficient (Wildman–Crippen LogP) is 3.76. The Morgan fingerprint density at radius 2 is 1.88 bits per heavy atom. The second-order valence-electron chi connectivity index (χ2n) is 5.22. The summed E-state index contributed by atoms with van der Waals surface area (Å²) >= 11 is 0. The fourth-order valence-corrected chi connectivity index (χ4v) is 3.30. The maximum absolute atomic E-state index is 13.9. The first-order chi connectivity index (χ1) is 12.0. The van der Waals surface area contributed by atoms with Crippen LogP contribution in [0.25, 0.3) is 6.08 Å². The van der Waals surface area contributed by atoms with E-state index in [-0.39, 0.29) is 22.4 Å². The van der Waals surface area contributed by atoms with Crippen LogP contribution in [0.2, 0.25) is 0 Å². The summed E-state index contributed by atoms with van der Waals surface area (Å²) in [6.45, 7) is 3.61. The van der Waals surface area contributed by atoms with Crippen LogP contribution in [0, 0.1) is 5.82 Å². The molecule has 132 valence electrons. The van der Waals surface area contributed by atoms with Gasteiger partial charge in [-0.25, -0.2) is 22.8 Å². The zero-order chi connectivity index (χ0) is 18.1. The molecule has 1 aromatic heterocycles. The maximum atomic E-state index is 13.9. The van der Waals surface area contributed by atoms with Gasteiger partial charge in [-0.2, -0.15) is 0 Å². The zero-order valence-electron chi connectivity index (χ0n) is 13.6. The molecule has 2 rings (SSSR count). The van der Waals surface area contributed by atoms with Crippen LogP contribution >= 0.6 is 0 Å². The van der Waals surface area contributed by atoms with E-state index in [1.165, 1.54) is 30.6 Å². The number of halogens is 1. The van der Waals surface area contributed by atoms with Crippen LogP contribution in [0.3, 0.4) is 0 Å². The van der Waals surface area contributed by atoms with E-state index in [4.69, 9.17) is 4.74 Å². The summed E-state index contributed by atoms with van der Waals surface area (Å²) in [4.78, 5) is 7.72. The summed E-state index contributed by atoms with van der Waals surface area (Å²) in [6, 6.07) is 7.33. The summed E-state index contributed by atoms with van der Waals surface area (Å²) < 4.78 is 44.5. The lowest BCUT2D eigenvalue weighted by atomic mass is 10.2. The molecule has 7 heteroatoms. The Morgan fingerprint density at radius 1 is 1.16 bits per heavy atom. The number of nitrogens with zero attached hydrogens (tertiary/aromatic N) is 2. The highest BCUT2D eigenvalue weighted by atomic mass is 32.2. The van der Waals surface area contributed by atoms with Gasteiger partial charge >= 0.3 is 6.01 Å². The second kappa shape index (κ2) is 9.08. The highest BCUT2D eigenvalue weighted by Gasteiger charge is 2.21. The van der Waals surface area contributed by atoms with Crippen molar-refractivity contribution in [2.45, 2.75) is 19.3 Å². The Kier molecular flexibility index (Phi) is 6.82. The number of hydrogen-bond acceptors (Lipinski definition) is 5. The highest BCUT2D eigenvalue weighted by molar-refractivity contribution is 7.95. The minimum Gasteiger partial charge on any atom is -0.412 e. The van der Waals surface area contributed by atoms with Crippen molar-refractivity contribution in [3.05, 3.63) is 71.9 Å². The Labute approximate surface area is 146 Å². The van der Waals surface area contributed by atoms with Gasteiger partial charge in [0.2, 0.25) is 14.9 Å². The molecule has 0 saturated heterocycles. The first kappa shape index (κ1) is 18.8. The van der Waals surface area contributed by atoms with Crippen molar-refractivity contribution in [3.8, 4) is 6.01 Å². The lowest BCUT2D eigenvalue weighted by Crippen LogP contribution is -2.15. The Bertz CT molecular complexity index is 836. The monoisotopic (exact) mass is 362 g/mol. The summed E-state index contributed by atoms with van der Waals surface area (Å²) in [5.74, 6) is -0.659. The summed E-state index contributed by atoms with van der Waals surface area (Å²) in [5, 5.41) is -0.373. The molecule has 0 N–H and O–H groups in total. The third-order valence-corrected chi connectivity index (χ3v) is 4.93. The molecule has 0 saturated carbocycles. The quantitative estimate of drug-likeness (QED) is 0.386. The third kappa shape index (κ3) is 5.79. The average Bonchev–Trinajstić information content (AvgIpc) is 2.61. The van der Waals surface area contributed by atoms with E-state index >= 15 is 0 Å². The van der Waals surface area contributed by atoms with Gasteiger partial charge in [0, 0.05) is 24.0 Å². The molecule has 5 nitrogen and oxygen atoms in total. The second-order valence-corrected chi connectivity index (χ2v) is 7.26. The molecular weight excluding hydrogens is 343 g/mol. The van der Waals surface area contributed by atoms with Gasteiger partial charge in [0.15, 0.2) is 0 Å². The van der Waals surface area contributed by atoms with Gasteiger partial charge in [-0.05, 0) is 31.4 Å². The van der Waals surface area contributed by atoms with Crippen LogP contribution in [0.4, 0.5) is 4.39 Å². The predicted molar refractivity (Wildman–Crippen MR) is 94.9 cm³/mol. The number of sulfone groups is 1. The van der Waals surface area contributed by atoms with Crippen molar-refractivity contribution in [2.24, 2.45) is 0 Å². The smallest absolute Gasteiger partial charge is 0.322 e. The number of aromatic nitrogens is 2. The summed E-state index contributed by atoms with van der Waals surface area (Å²) in [7, 11) is -3.76. The van der Waals surface area contributed by atoms with Crippen molar-refractivity contribution < 1.29 is 17.5 Å². The van der Waals surface area contributed by atoms with Crippen molar-refractivity contribution in [1.82, 2.24) is 9.97 Å². The van der Waals surface area contributed by atoms with Crippen LogP contribution in [-0.4, -0.2) is 24.1 Å². The number of ether oxygens (including phenoxy) is 1. The zero-order valence-corrected chi connectivity index (χ0v) is 14.5. The van der Waals surface area contributed by atoms with Gasteiger partial charge in [-0.1, -0.05) is 24.3 Å². The SMILES string of the molecule is C=CCCCCS(=O)(=O)C(=Cc1ccccc1F)Oc1ncccn1. The van der Waals surface area contributed by atoms with E-state index in [0.29, 0.717) is 12.8 Å². The van der Waals surface area contributed by atoms with Gasteiger partial charge in [0.05, 0.1) is 5.75 Å². The largest absolute Gasteiger partial charge is 0.412 e. The fourth-order valence-electron chi connectivity index (χ4n) is 2.01. The average molecular weight is 362 g/mol. The lowest BCUT2D eigenvalue weighted by molar-refractivity contribution is 0.417. The molecule has 0 unspecified atom stereocenters. The minimum absolute atomic E-state index is 0.111. The molecule has 2 aromatic rings. The van der Waals surface area contributed by atoms with E-state index in [2.05, 4.69) is 16.5 Å². The Balaban J connectivity index is 2.31. The first-order valence-electron chi connectivity index (χ1n) is 7.77. The molecule has 0 aliphatic rings. The molecule has 0 atom stereocenters. The van der Waals surface area contributed by atoms with Gasteiger partial charge in [0.25, 0.3) is 0 Å². The van der Waals surface area contributed by atoms with Crippen LogP contribution in [0.5, 0.6) is 6.01 Å². The number of hydrogen-bond donors (Lipinski definition) is 0. The number of allylic oxidation sites excluding steroid dienone is 1. The number of unbranched alkanes of at least 4 members (excludes halogenated alkanes) is 2. The Hall–Kier alpha value is -2.54. The topological polar surface area (TPSA) is 69.2 Å². The summed E-state index contributed by atoms with van der Waals surface area (Å²) in [6.07, 6.45) is 7.62. The number of rotatable bonds is 9. The lowest BCUT2D eigenvalue weighted by Gasteiger charge is -2.10. The van der Waals surface area contributed by atoms with E-state index in [1.807, 2.05) is 0 Å². The van der Waals surface area contributed by atoms with Gasteiger partial charge < -0.3 is 4.74 Å². The number of benzene rings is 1. The van der Waals surface area contributed by atoms with Crippen LogP contribution in [0.15, 0.2) is 60.5 Å². The third-order valence-electron chi connectivity index (χ3n) is 3.29. The Morgan fingerprint density at radius 3 is 2.56 bits per heavy atom. The fraction of sp³-hybridized carbons (Fsp3) is 0.222. The first-order valence-corrected chi connectivity index (χ1v) is 9.43. The molecule has 1 aromatic carbocycles. The van der Waals surface area contributed by atoms with E-state index < -0.39 is 15.7 Å². The van der Waals surface area contributed by atoms with Crippen LogP contribution in [-0.2, 0) is 9.84 Å². The molecule has 25 heavy (non-hydrogen) atoms.